The maximum absolute atomic E-state index is 6.06. The lowest BCUT2D eigenvalue weighted by molar-refractivity contribution is 0.191. The van der Waals surface area contributed by atoms with Gasteiger partial charge in [0.1, 0.15) is 5.75 Å². The first kappa shape index (κ1) is 15.9. The highest BCUT2D eigenvalue weighted by atomic mass is 16.5. The van der Waals surface area contributed by atoms with E-state index in [4.69, 9.17) is 19.9 Å². The topological polar surface area (TPSA) is 57.0 Å². The first-order chi connectivity index (χ1) is 10.2. The predicted molar refractivity (Wildman–Crippen MR) is 83.3 cm³/mol. The van der Waals surface area contributed by atoms with Crippen LogP contribution in [0.2, 0.25) is 0 Å². The van der Waals surface area contributed by atoms with Crippen LogP contribution in [-0.4, -0.2) is 45.4 Å². The van der Waals surface area contributed by atoms with Crippen LogP contribution < -0.4 is 19.9 Å². The van der Waals surface area contributed by atoms with E-state index in [2.05, 4.69) is 11.8 Å². The largest absolute Gasteiger partial charge is 0.496 e. The molecule has 2 rings (SSSR count). The molecule has 0 radical (unpaired) electrons. The standard InChI is InChI=1S/C16H26N2O3/c1-11-6-5-7-18(11)13(10-17)12-8-15(20-3)16(21-4)9-14(12)19-2/h8-9,11,13H,5-7,10,17H2,1-4H3. The van der Waals surface area contributed by atoms with E-state index in [-0.39, 0.29) is 6.04 Å². The first-order valence-corrected chi connectivity index (χ1v) is 7.42. The summed E-state index contributed by atoms with van der Waals surface area (Å²) in [5.41, 5.74) is 7.12. The maximum atomic E-state index is 6.06. The van der Waals surface area contributed by atoms with Gasteiger partial charge in [-0.3, -0.25) is 4.90 Å². The lowest BCUT2D eigenvalue weighted by Crippen LogP contribution is -2.36. The number of hydrogen-bond donors (Lipinski definition) is 1. The fourth-order valence-corrected chi connectivity index (χ4v) is 3.17. The quantitative estimate of drug-likeness (QED) is 0.871. The fourth-order valence-electron chi connectivity index (χ4n) is 3.17. The summed E-state index contributed by atoms with van der Waals surface area (Å²) in [7, 11) is 4.94. The van der Waals surface area contributed by atoms with Crippen molar-refractivity contribution < 1.29 is 14.2 Å². The summed E-state index contributed by atoms with van der Waals surface area (Å²) in [4.78, 5) is 2.45. The van der Waals surface area contributed by atoms with Crippen LogP contribution in [-0.2, 0) is 0 Å². The molecule has 2 unspecified atom stereocenters. The van der Waals surface area contributed by atoms with Gasteiger partial charge < -0.3 is 19.9 Å². The van der Waals surface area contributed by atoms with E-state index in [9.17, 15) is 0 Å². The average Bonchev–Trinajstić information content (AvgIpc) is 2.93. The maximum Gasteiger partial charge on any atom is 0.164 e. The second kappa shape index (κ2) is 7.00. The van der Waals surface area contributed by atoms with Crippen molar-refractivity contribution in [3.8, 4) is 17.2 Å². The number of nitrogens with zero attached hydrogens (tertiary/aromatic N) is 1. The molecule has 1 fully saturated rings. The number of ether oxygens (including phenoxy) is 3. The number of rotatable bonds is 6. The lowest BCUT2D eigenvalue weighted by Gasteiger charge is -2.32. The summed E-state index contributed by atoms with van der Waals surface area (Å²) in [5.74, 6) is 2.17. The molecule has 2 atom stereocenters. The van der Waals surface area contributed by atoms with Crippen LogP contribution in [0.4, 0.5) is 0 Å². The molecule has 0 saturated carbocycles. The third kappa shape index (κ3) is 3.09. The van der Waals surface area contributed by atoms with Gasteiger partial charge in [0.25, 0.3) is 0 Å². The SMILES string of the molecule is COc1cc(OC)c(C(CN)N2CCCC2C)cc1OC. The normalized spacial score (nSPS) is 20.3. The molecule has 1 heterocycles. The van der Waals surface area contributed by atoms with Crippen LogP contribution in [0.1, 0.15) is 31.4 Å². The Hall–Kier alpha value is -1.46. The molecule has 5 nitrogen and oxygen atoms in total. The second-order valence-electron chi connectivity index (χ2n) is 5.43. The Kier molecular flexibility index (Phi) is 5.31. The minimum Gasteiger partial charge on any atom is -0.496 e. The van der Waals surface area contributed by atoms with E-state index < -0.39 is 0 Å². The van der Waals surface area contributed by atoms with E-state index in [1.54, 1.807) is 21.3 Å². The smallest absolute Gasteiger partial charge is 0.164 e. The van der Waals surface area contributed by atoms with E-state index in [0.717, 1.165) is 17.9 Å². The van der Waals surface area contributed by atoms with Gasteiger partial charge in [-0.25, -0.2) is 0 Å². The molecule has 1 aromatic carbocycles. The van der Waals surface area contributed by atoms with E-state index in [1.165, 1.54) is 12.8 Å². The molecule has 0 aliphatic carbocycles. The number of nitrogens with two attached hydrogens (primary N) is 1. The van der Waals surface area contributed by atoms with Gasteiger partial charge in [0.05, 0.1) is 27.4 Å². The number of likely N-dealkylation sites (tertiary alicyclic amines) is 1. The molecule has 21 heavy (non-hydrogen) atoms. The monoisotopic (exact) mass is 294 g/mol. The van der Waals surface area contributed by atoms with Crippen LogP contribution in [0.5, 0.6) is 17.2 Å². The van der Waals surface area contributed by atoms with Crippen LogP contribution in [0.25, 0.3) is 0 Å². The highest BCUT2D eigenvalue weighted by Gasteiger charge is 2.30. The first-order valence-electron chi connectivity index (χ1n) is 7.42. The molecule has 0 spiro atoms. The Balaban J connectivity index is 2.44. The average molecular weight is 294 g/mol. The Morgan fingerprint density at radius 2 is 1.76 bits per heavy atom. The van der Waals surface area contributed by atoms with E-state index in [1.807, 2.05) is 12.1 Å². The molecule has 1 aliphatic heterocycles. The molecular formula is C16H26N2O3. The molecule has 1 aliphatic rings. The lowest BCUT2D eigenvalue weighted by atomic mass is 10.0. The van der Waals surface area contributed by atoms with Crippen molar-refractivity contribution in [2.75, 3.05) is 34.4 Å². The second-order valence-corrected chi connectivity index (χ2v) is 5.43. The third-order valence-corrected chi connectivity index (χ3v) is 4.32. The van der Waals surface area contributed by atoms with Crippen molar-refractivity contribution in [3.05, 3.63) is 17.7 Å². The minimum absolute atomic E-state index is 0.136. The molecule has 0 aromatic heterocycles. The zero-order chi connectivity index (χ0) is 15.4. The van der Waals surface area contributed by atoms with Gasteiger partial charge in [0.15, 0.2) is 11.5 Å². The summed E-state index contributed by atoms with van der Waals surface area (Å²) in [6.45, 7) is 3.87. The molecule has 0 amide bonds. The molecule has 1 aromatic rings. The van der Waals surface area contributed by atoms with Crippen LogP contribution in [0, 0.1) is 0 Å². The zero-order valence-corrected chi connectivity index (χ0v) is 13.4. The van der Waals surface area contributed by atoms with Crippen LogP contribution in [0.3, 0.4) is 0 Å². The van der Waals surface area contributed by atoms with Gasteiger partial charge in [-0.05, 0) is 32.4 Å². The Bertz CT molecular complexity index is 479. The van der Waals surface area contributed by atoms with Gasteiger partial charge in [0, 0.05) is 24.2 Å². The molecule has 0 bridgehead atoms. The molecule has 2 N–H and O–H groups in total. The highest BCUT2D eigenvalue weighted by molar-refractivity contribution is 5.52. The zero-order valence-electron chi connectivity index (χ0n) is 13.4. The van der Waals surface area contributed by atoms with Crippen molar-refractivity contribution in [2.45, 2.75) is 31.8 Å². The van der Waals surface area contributed by atoms with Crippen molar-refractivity contribution >= 4 is 0 Å². The predicted octanol–water partition coefficient (Wildman–Crippen LogP) is 2.20. The van der Waals surface area contributed by atoms with Crippen LogP contribution >= 0.6 is 0 Å². The molecule has 1 saturated heterocycles. The fraction of sp³-hybridized carbons (Fsp3) is 0.625. The summed E-state index contributed by atoms with van der Waals surface area (Å²) >= 11 is 0. The summed E-state index contributed by atoms with van der Waals surface area (Å²) < 4.78 is 16.3. The molecule has 5 heteroatoms. The van der Waals surface area contributed by atoms with Crippen molar-refractivity contribution in [3.63, 3.8) is 0 Å². The third-order valence-electron chi connectivity index (χ3n) is 4.32. The van der Waals surface area contributed by atoms with Gasteiger partial charge in [-0.1, -0.05) is 0 Å². The summed E-state index contributed by atoms with van der Waals surface area (Å²) in [6, 6.07) is 4.53. The number of hydrogen-bond acceptors (Lipinski definition) is 5. The summed E-state index contributed by atoms with van der Waals surface area (Å²) in [6.07, 6.45) is 2.43. The Labute approximate surface area is 127 Å². The van der Waals surface area contributed by atoms with Crippen LogP contribution in [0.15, 0.2) is 12.1 Å². The minimum atomic E-state index is 0.136. The van der Waals surface area contributed by atoms with Crippen molar-refractivity contribution in [2.24, 2.45) is 5.73 Å². The summed E-state index contributed by atoms with van der Waals surface area (Å²) in [5, 5.41) is 0. The molecular weight excluding hydrogens is 268 g/mol. The van der Waals surface area contributed by atoms with Crippen molar-refractivity contribution in [1.29, 1.82) is 0 Å². The van der Waals surface area contributed by atoms with Gasteiger partial charge in [0.2, 0.25) is 0 Å². The van der Waals surface area contributed by atoms with Gasteiger partial charge >= 0.3 is 0 Å². The van der Waals surface area contributed by atoms with E-state index in [0.29, 0.717) is 24.1 Å². The molecule has 118 valence electrons. The highest BCUT2D eigenvalue weighted by Crippen LogP contribution is 2.40. The van der Waals surface area contributed by atoms with Crippen molar-refractivity contribution in [1.82, 2.24) is 4.90 Å². The number of methoxy groups -OCH3 is 3. The van der Waals surface area contributed by atoms with Gasteiger partial charge in [-0.15, -0.1) is 0 Å². The van der Waals surface area contributed by atoms with Gasteiger partial charge in [-0.2, -0.15) is 0 Å². The number of benzene rings is 1. The van der Waals surface area contributed by atoms with E-state index >= 15 is 0 Å². The Morgan fingerprint density at radius 3 is 2.24 bits per heavy atom. The Morgan fingerprint density at radius 1 is 1.14 bits per heavy atom.